The summed E-state index contributed by atoms with van der Waals surface area (Å²) in [5, 5.41) is 0. The molecule has 2 N–H and O–H groups in total. The van der Waals surface area contributed by atoms with Crippen LogP contribution in [0.4, 0.5) is 5.69 Å². The van der Waals surface area contributed by atoms with Gasteiger partial charge in [0.1, 0.15) is 5.75 Å². The van der Waals surface area contributed by atoms with E-state index in [9.17, 15) is 8.42 Å². The molecule has 0 saturated carbocycles. The molecule has 2 rings (SSSR count). The minimum Gasteiger partial charge on any atom is -0.495 e. The van der Waals surface area contributed by atoms with Crippen molar-refractivity contribution >= 4 is 15.7 Å². The zero-order valence-corrected chi connectivity index (χ0v) is 13.0. The summed E-state index contributed by atoms with van der Waals surface area (Å²) in [6.07, 6.45) is 0.895. The van der Waals surface area contributed by atoms with Gasteiger partial charge in [0.2, 0.25) is 10.0 Å². The number of hydrogen-bond acceptors (Lipinski definition) is 4. The fourth-order valence-corrected chi connectivity index (χ4v) is 4.02. The number of piperidine rings is 1. The predicted molar refractivity (Wildman–Crippen MR) is 79.1 cm³/mol. The molecule has 1 fully saturated rings. The molecule has 1 aliphatic heterocycles. The van der Waals surface area contributed by atoms with E-state index in [0.29, 0.717) is 36.4 Å². The number of rotatable bonds is 3. The van der Waals surface area contributed by atoms with Crippen molar-refractivity contribution in [2.24, 2.45) is 11.8 Å². The van der Waals surface area contributed by atoms with Crippen LogP contribution in [0, 0.1) is 11.8 Å². The van der Waals surface area contributed by atoms with Crippen molar-refractivity contribution in [3.63, 3.8) is 0 Å². The second kappa shape index (κ2) is 5.61. The van der Waals surface area contributed by atoms with Crippen molar-refractivity contribution < 1.29 is 13.2 Å². The van der Waals surface area contributed by atoms with Gasteiger partial charge < -0.3 is 10.5 Å². The molecular weight excluding hydrogens is 276 g/mol. The summed E-state index contributed by atoms with van der Waals surface area (Å²) >= 11 is 0. The minimum absolute atomic E-state index is 0.241. The van der Waals surface area contributed by atoms with Crippen molar-refractivity contribution in [1.29, 1.82) is 0 Å². The first-order valence-electron chi connectivity index (χ1n) is 6.80. The van der Waals surface area contributed by atoms with E-state index in [1.165, 1.54) is 19.2 Å². The highest BCUT2D eigenvalue weighted by molar-refractivity contribution is 7.89. The third-order valence-electron chi connectivity index (χ3n) is 4.14. The summed E-state index contributed by atoms with van der Waals surface area (Å²) in [6.45, 7) is 5.40. The van der Waals surface area contributed by atoms with E-state index in [-0.39, 0.29) is 4.90 Å². The molecule has 5 nitrogen and oxygen atoms in total. The van der Waals surface area contributed by atoms with E-state index in [1.807, 2.05) is 0 Å². The number of nitrogens with two attached hydrogens (primary N) is 1. The van der Waals surface area contributed by atoms with Gasteiger partial charge >= 0.3 is 0 Å². The molecule has 112 valence electrons. The monoisotopic (exact) mass is 298 g/mol. The Morgan fingerprint density at radius 1 is 1.30 bits per heavy atom. The lowest BCUT2D eigenvalue weighted by Crippen LogP contribution is -2.42. The third kappa shape index (κ3) is 2.76. The maximum Gasteiger partial charge on any atom is 0.243 e. The Hall–Kier alpha value is -1.27. The maximum atomic E-state index is 12.6. The molecule has 0 aromatic heterocycles. The van der Waals surface area contributed by atoms with Crippen LogP contribution in [-0.2, 0) is 10.0 Å². The van der Waals surface area contributed by atoms with E-state index >= 15 is 0 Å². The molecule has 2 atom stereocenters. The fraction of sp³-hybridized carbons (Fsp3) is 0.571. The van der Waals surface area contributed by atoms with Crippen molar-refractivity contribution in [1.82, 2.24) is 4.31 Å². The molecular formula is C14H22N2O3S. The van der Waals surface area contributed by atoms with E-state index in [1.54, 1.807) is 10.4 Å². The summed E-state index contributed by atoms with van der Waals surface area (Å²) in [4.78, 5) is 0.241. The fourth-order valence-electron chi connectivity index (χ4n) is 2.44. The van der Waals surface area contributed by atoms with Gasteiger partial charge in [0.15, 0.2) is 0 Å². The molecule has 0 bridgehead atoms. The molecule has 20 heavy (non-hydrogen) atoms. The van der Waals surface area contributed by atoms with Crippen LogP contribution in [0.1, 0.15) is 20.3 Å². The number of benzene rings is 1. The summed E-state index contributed by atoms with van der Waals surface area (Å²) in [7, 11) is -1.99. The summed E-state index contributed by atoms with van der Waals surface area (Å²) < 4.78 is 32.0. The number of hydrogen-bond donors (Lipinski definition) is 1. The van der Waals surface area contributed by atoms with Crippen LogP contribution >= 0.6 is 0 Å². The van der Waals surface area contributed by atoms with E-state index in [2.05, 4.69) is 13.8 Å². The number of sulfonamides is 1. The number of nitrogens with zero attached hydrogens (tertiary/aromatic N) is 1. The second-order valence-corrected chi connectivity index (χ2v) is 7.45. The molecule has 6 heteroatoms. The van der Waals surface area contributed by atoms with Gasteiger partial charge in [-0.25, -0.2) is 8.42 Å². The van der Waals surface area contributed by atoms with Crippen LogP contribution in [0.15, 0.2) is 23.1 Å². The molecule has 0 radical (unpaired) electrons. The van der Waals surface area contributed by atoms with Crippen molar-refractivity contribution in [3.8, 4) is 5.75 Å². The lowest BCUT2D eigenvalue weighted by atomic mass is 9.90. The lowest BCUT2D eigenvalue weighted by molar-refractivity contribution is 0.212. The summed E-state index contributed by atoms with van der Waals surface area (Å²) in [5.74, 6) is 1.32. The molecule has 1 aromatic rings. The smallest absolute Gasteiger partial charge is 0.243 e. The largest absolute Gasteiger partial charge is 0.495 e. The Morgan fingerprint density at radius 2 is 2.00 bits per heavy atom. The Kier molecular flexibility index (Phi) is 4.25. The first-order valence-corrected chi connectivity index (χ1v) is 8.24. The predicted octanol–water partition coefficient (Wildman–Crippen LogP) is 1.94. The van der Waals surface area contributed by atoms with Crippen molar-refractivity contribution in [2.75, 3.05) is 25.9 Å². The quantitative estimate of drug-likeness (QED) is 0.866. The highest BCUT2D eigenvalue weighted by atomic mass is 32.2. The van der Waals surface area contributed by atoms with Crippen molar-refractivity contribution in [3.05, 3.63) is 18.2 Å². The average Bonchev–Trinajstić information content (AvgIpc) is 2.42. The van der Waals surface area contributed by atoms with Crippen LogP contribution in [0.2, 0.25) is 0 Å². The van der Waals surface area contributed by atoms with E-state index in [4.69, 9.17) is 10.5 Å². The normalized spacial score (nSPS) is 24.6. The van der Waals surface area contributed by atoms with Crippen LogP contribution in [0.3, 0.4) is 0 Å². The molecule has 0 amide bonds. The van der Waals surface area contributed by atoms with Gasteiger partial charge in [0.05, 0.1) is 17.7 Å². The van der Waals surface area contributed by atoms with E-state index in [0.717, 1.165) is 6.42 Å². The Morgan fingerprint density at radius 3 is 2.60 bits per heavy atom. The molecule has 0 aliphatic carbocycles. The molecule has 0 spiro atoms. The molecule has 1 aliphatic rings. The van der Waals surface area contributed by atoms with Crippen molar-refractivity contribution in [2.45, 2.75) is 25.2 Å². The Balaban J connectivity index is 2.31. The highest BCUT2D eigenvalue weighted by Crippen LogP contribution is 2.30. The molecule has 1 aromatic carbocycles. The zero-order valence-electron chi connectivity index (χ0n) is 12.2. The van der Waals surface area contributed by atoms with Crippen LogP contribution < -0.4 is 10.5 Å². The Bertz CT molecular complexity index is 586. The van der Waals surface area contributed by atoms with Gasteiger partial charge in [0.25, 0.3) is 0 Å². The van der Waals surface area contributed by atoms with Crippen LogP contribution in [-0.4, -0.2) is 32.9 Å². The van der Waals surface area contributed by atoms with Gasteiger partial charge in [-0.2, -0.15) is 4.31 Å². The topological polar surface area (TPSA) is 72.6 Å². The summed E-state index contributed by atoms with van der Waals surface area (Å²) in [6, 6.07) is 4.60. The number of ether oxygens (including phenoxy) is 1. The molecule has 2 unspecified atom stereocenters. The number of nitrogen functional groups attached to an aromatic ring is 1. The first kappa shape index (κ1) is 15.1. The zero-order chi connectivity index (χ0) is 14.9. The standard InChI is InChI=1S/C14H22N2O3S/c1-10-6-7-16(9-11(10)2)20(17,18)12-4-5-13(15)14(8-12)19-3/h4-5,8,10-11H,6-7,9,15H2,1-3H3. The van der Waals surface area contributed by atoms with Crippen LogP contribution in [0.5, 0.6) is 5.75 Å². The van der Waals surface area contributed by atoms with Gasteiger partial charge in [-0.1, -0.05) is 13.8 Å². The SMILES string of the molecule is COc1cc(S(=O)(=O)N2CCC(C)C(C)C2)ccc1N. The van der Waals surface area contributed by atoms with Gasteiger partial charge in [-0.3, -0.25) is 0 Å². The highest BCUT2D eigenvalue weighted by Gasteiger charge is 2.32. The Labute approximate surface area is 120 Å². The minimum atomic E-state index is -3.47. The lowest BCUT2D eigenvalue weighted by Gasteiger charge is -2.34. The average molecular weight is 298 g/mol. The number of methoxy groups -OCH3 is 1. The third-order valence-corrected chi connectivity index (χ3v) is 6.00. The van der Waals surface area contributed by atoms with Crippen LogP contribution in [0.25, 0.3) is 0 Å². The van der Waals surface area contributed by atoms with Gasteiger partial charge in [0, 0.05) is 19.2 Å². The maximum absolute atomic E-state index is 12.6. The number of anilines is 1. The summed E-state index contributed by atoms with van der Waals surface area (Å²) in [5.41, 5.74) is 6.17. The second-order valence-electron chi connectivity index (χ2n) is 5.51. The molecule has 1 saturated heterocycles. The van der Waals surface area contributed by atoms with Gasteiger partial charge in [-0.15, -0.1) is 0 Å². The van der Waals surface area contributed by atoms with E-state index < -0.39 is 10.0 Å². The first-order chi connectivity index (χ1) is 9.36. The van der Waals surface area contributed by atoms with Gasteiger partial charge in [-0.05, 0) is 30.4 Å². The molecule has 1 heterocycles.